The standard InChI is InChI=1S/C4H9O.C4H9.2C2H5.Sn/c1-2-3-4-5;1-3-4-2;2*1-2;/h2-4H2,1H3;1,3-4H2,2H3;2*1H2,2H3;/q-1;;;;+1. The van der Waals surface area contributed by atoms with Gasteiger partial charge in [0.25, 0.3) is 0 Å². The van der Waals surface area contributed by atoms with Gasteiger partial charge in [-0.25, -0.2) is 0 Å². The molecule has 0 heterocycles. The van der Waals surface area contributed by atoms with E-state index in [4.69, 9.17) is 3.07 Å². The molecule has 0 aliphatic carbocycles. The molecule has 0 fully saturated rings. The van der Waals surface area contributed by atoms with E-state index in [1.807, 2.05) is 0 Å². The van der Waals surface area contributed by atoms with Gasteiger partial charge in [0.1, 0.15) is 0 Å². The van der Waals surface area contributed by atoms with Crippen LogP contribution in [-0.4, -0.2) is 25.4 Å². The summed E-state index contributed by atoms with van der Waals surface area (Å²) in [4.78, 5) is 0. The van der Waals surface area contributed by atoms with Crippen LogP contribution in [0.2, 0.25) is 13.3 Å². The molecule has 0 amide bonds. The van der Waals surface area contributed by atoms with Gasteiger partial charge in [-0.05, 0) is 0 Å². The fourth-order valence-electron chi connectivity index (χ4n) is 1.81. The molecule has 1 nitrogen and oxygen atoms in total. The van der Waals surface area contributed by atoms with Crippen molar-refractivity contribution in [1.29, 1.82) is 0 Å². The summed E-state index contributed by atoms with van der Waals surface area (Å²) in [5.41, 5.74) is 0. The van der Waals surface area contributed by atoms with Crippen molar-refractivity contribution in [3.63, 3.8) is 0 Å². The summed E-state index contributed by atoms with van der Waals surface area (Å²) in [6, 6.07) is 0. The Kier molecular flexibility index (Phi) is 9.51. The second-order valence-electron chi connectivity index (χ2n) is 4.20. The molecule has 0 rings (SSSR count). The summed E-state index contributed by atoms with van der Waals surface area (Å²) in [7, 11) is 0. The Balaban J connectivity index is 3.94. The Labute approximate surface area is 95.0 Å². The van der Waals surface area contributed by atoms with Crippen LogP contribution < -0.4 is 0 Å². The molecule has 0 aromatic carbocycles. The van der Waals surface area contributed by atoms with E-state index in [0.29, 0.717) is 0 Å². The summed E-state index contributed by atoms with van der Waals surface area (Å²) < 4.78 is 10.5. The van der Waals surface area contributed by atoms with Crippen LogP contribution in [0.1, 0.15) is 53.4 Å². The molecular weight excluding hydrogens is 279 g/mol. The average Bonchev–Trinajstić information content (AvgIpc) is 2.24. The second-order valence-corrected chi connectivity index (χ2v) is 17.2. The first kappa shape index (κ1) is 14.8. The molecule has 0 unspecified atom stereocenters. The minimum atomic E-state index is -2.06. The van der Waals surface area contributed by atoms with Gasteiger partial charge in [-0.15, -0.1) is 0 Å². The van der Waals surface area contributed by atoms with Crippen molar-refractivity contribution in [1.82, 2.24) is 0 Å². The van der Waals surface area contributed by atoms with Gasteiger partial charge in [0.2, 0.25) is 0 Å². The van der Waals surface area contributed by atoms with Gasteiger partial charge in [-0.2, -0.15) is 0 Å². The van der Waals surface area contributed by atoms with Crippen LogP contribution in [0.25, 0.3) is 0 Å². The van der Waals surface area contributed by atoms with Crippen LogP contribution in [-0.2, 0) is 3.07 Å². The van der Waals surface area contributed by atoms with Crippen LogP contribution in [0.3, 0.4) is 0 Å². The van der Waals surface area contributed by atoms with Gasteiger partial charge in [-0.3, -0.25) is 0 Å². The van der Waals surface area contributed by atoms with Crippen molar-refractivity contribution in [2.45, 2.75) is 66.7 Å². The molecule has 86 valence electrons. The molecule has 0 aliphatic heterocycles. The Morgan fingerprint density at radius 1 is 0.857 bits per heavy atom. The molecule has 0 saturated carbocycles. The maximum absolute atomic E-state index is 6.28. The summed E-state index contributed by atoms with van der Waals surface area (Å²) >= 11 is -2.06. The van der Waals surface area contributed by atoms with Gasteiger partial charge in [0.05, 0.1) is 0 Å². The molecule has 0 bridgehead atoms. The van der Waals surface area contributed by atoms with Gasteiger partial charge in [0.15, 0.2) is 0 Å². The van der Waals surface area contributed by atoms with E-state index in [1.54, 1.807) is 0 Å². The molecule has 0 aliphatic rings. The topological polar surface area (TPSA) is 9.23 Å². The zero-order chi connectivity index (χ0) is 10.9. The van der Waals surface area contributed by atoms with Crippen LogP contribution in [0, 0.1) is 0 Å². The van der Waals surface area contributed by atoms with Crippen molar-refractivity contribution in [2.24, 2.45) is 0 Å². The molecule has 0 saturated heterocycles. The van der Waals surface area contributed by atoms with Gasteiger partial charge in [-0.1, -0.05) is 0 Å². The normalized spacial score (nSPS) is 12.0. The van der Waals surface area contributed by atoms with E-state index in [1.165, 1.54) is 39.0 Å². The zero-order valence-corrected chi connectivity index (χ0v) is 13.4. The van der Waals surface area contributed by atoms with Crippen molar-refractivity contribution >= 4 is 18.8 Å². The van der Waals surface area contributed by atoms with Crippen molar-refractivity contribution < 1.29 is 3.07 Å². The monoisotopic (exact) mass is 308 g/mol. The van der Waals surface area contributed by atoms with E-state index >= 15 is 0 Å². The van der Waals surface area contributed by atoms with E-state index in [0.717, 1.165) is 6.61 Å². The third-order valence-electron chi connectivity index (χ3n) is 3.18. The molecule has 0 radical (unpaired) electrons. The molecular formula is C12H28OSn. The second kappa shape index (κ2) is 9.02. The molecule has 2 heteroatoms. The molecule has 0 aromatic rings. The summed E-state index contributed by atoms with van der Waals surface area (Å²) in [6.45, 7) is 10.3. The summed E-state index contributed by atoms with van der Waals surface area (Å²) in [5.74, 6) is 0. The molecule has 0 spiro atoms. The van der Waals surface area contributed by atoms with Crippen molar-refractivity contribution in [3.8, 4) is 0 Å². The number of hydrogen-bond acceptors (Lipinski definition) is 1. The first-order valence-corrected chi connectivity index (χ1v) is 13.6. The molecule has 0 aromatic heterocycles. The fourth-order valence-corrected chi connectivity index (χ4v) is 11.3. The third kappa shape index (κ3) is 5.59. The predicted octanol–water partition coefficient (Wildman–Crippen LogP) is 4.59. The Bertz CT molecular complexity index is 121. The molecule has 0 N–H and O–H groups in total. The van der Waals surface area contributed by atoms with Crippen LogP contribution in [0.15, 0.2) is 0 Å². The Morgan fingerprint density at radius 2 is 1.43 bits per heavy atom. The molecule has 0 atom stereocenters. The van der Waals surface area contributed by atoms with E-state index in [-0.39, 0.29) is 0 Å². The maximum atomic E-state index is 6.28. The van der Waals surface area contributed by atoms with Crippen molar-refractivity contribution in [2.75, 3.05) is 6.61 Å². The van der Waals surface area contributed by atoms with Crippen LogP contribution in [0.4, 0.5) is 0 Å². The van der Waals surface area contributed by atoms with Crippen LogP contribution in [0.5, 0.6) is 0 Å². The number of hydrogen-bond donors (Lipinski definition) is 0. The summed E-state index contributed by atoms with van der Waals surface area (Å²) in [6.07, 6.45) is 5.24. The van der Waals surface area contributed by atoms with Crippen LogP contribution >= 0.6 is 0 Å². The van der Waals surface area contributed by atoms with E-state index in [2.05, 4.69) is 27.7 Å². The van der Waals surface area contributed by atoms with Crippen molar-refractivity contribution in [3.05, 3.63) is 0 Å². The van der Waals surface area contributed by atoms with E-state index < -0.39 is 18.8 Å². The van der Waals surface area contributed by atoms with Gasteiger partial charge < -0.3 is 0 Å². The number of unbranched alkanes of at least 4 members (excludes halogenated alkanes) is 2. The first-order chi connectivity index (χ1) is 6.74. The average molecular weight is 307 g/mol. The summed E-state index contributed by atoms with van der Waals surface area (Å²) in [5, 5.41) is 0. The quantitative estimate of drug-likeness (QED) is 0.447. The van der Waals surface area contributed by atoms with E-state index in [9.17, 15) is 0 Å². The minimum absolute atomic E-state index is 1.04. The third-order valence-corrected chi connectivity index (χ3v) is 16.5. The Hall–Kier alpha value is 0.759. The Morgan fingerprint density at radius 3 is 1.86 bits per heavy atom. The number of rotatable bonds is 9. The first-order valence-electron chi connectivity index (χ1n) is 6.38. The fraction of sp³-hybridized carbons (Fsp3) is 1.00. The van der Waals surface area contributed by atoms with Gasteiger partial charge in [0, 0.05) is 0 Å². The van der Waals surface area contributed by atoms with Gasteiger partial charge >= 0.3 is 95.2 Å². The zero-order valence-electron chi connectivity index (χ0n) is 10.6. The molecule has 14 heavy (non-hydrogen) atoms. The predicted molar refractivity (Wildman–Crippen MR) is 67.3 cm³/mol. The SMILES string of the molecule is CCCC[O][Sn]([CH2]C)([CH2]C)[CH2]CCC.